The predicted octanol–water partition coefficient (Wildman–Crippen LogP) is 1.46. The molecular formula is C11H10ClN5. The monoisotopic (exact) mass is 247 g/mol. The first kappa shape index (κ1) is 11.3. The first-order chi connectivity index (χ1) is 8.22. The van der Waals surface area contributed by atoms with Crippen LogP contribution in [0.5, 0.6) is 0 Å². The zero-order chi connectivity index (χ0) is 12.3. The molecule has 0 aliphatic heterocycles. The van der Waals surface area contributed by atoms with Crippen LogP contribution in [-0.4, -0.2) is 15.0 Å². The van der Waals surface area contributed by atoms with Gasteiger partial charge in [-0.2, -0.15) is 0 Å². The summed E-state index contributed by atoms with van der Waals surface area (Å²) in [5.41, 5.74) is 12.9. The minimum Gasteiger partial charge on any atom is -0.404 e. The molecule has 0 saturated heterocycles. The van der Waals surface area contributed by atoms with Crippen molar-refractivity contribution in [3.8, 4) is 0 Å². The Hall–Kier alpha value is -2.14. The molecule has 0 amide bonds. The molecule has 0 aromatic carbocycles. The highest BCUT2D eigenvalue weighted by atomic mass is 35.5. The molecule has 4 N–H and O–H groups in total. The van der Waals surface area contributed by atoms with Gasteiger partial charge in [0.25, 0.3) is 0 Å². The smallest absolute Gasteiger partial charge is 0.220 e. The number of nitrogen functional groups attached to an aromatic ring is 1. The topological polar surface area (TPSA) is 90.7 Å². The lowest BCUT2D eigenvalue weighted by molar-refractivity contribution is 1.15. The third kappa shape index (κ3) is 2.34. The summed E-state index contributed by atoms with van der Waals surface area (Å²) >= 11 is 6.01. The Morgan fingerprint density at radius 2 is 2.12 bits per heavy atom. The van der Waals surface area contributed by atoms with Crippen molar-refractivity contribution in [3.05, 3.63) is 53.2 Å². The Kier molecular flexibility index (Phi) is 3.20. The van der Waals surface area contributed by atoms with Crippen molar-refractivity contribution >= 4 is 23.1 Å². The van der Waals surface area contributed by atoms with E-state index < -0.39 is 0 Å². The Morgan fingerprint density at radius 3 is 2.76 bits per heavy atom. The number of halogens is 1. The molecule has 2 aromatic rings. The van der Waals surface area contributed by atoms with Crippen LogP contribution in [0, 0.1) is 0 Å². The largest absolute Gasteiger partial charge is 0.404 e. The zero-order valence-corrected chi connectivity index (χ0v) is 9.59. The summed E-state index contributed by atoms with van der Waals surface area (Å²) in [5.74, 6) is 0.139. The second-order valence-corrected chi connectivity index (χ2v) is 3.63. The third-order valence-electron chi connectivity index (χ3n) is 2.13. The molecule has 0 bridgehead atoms. The average molecular weight is 248 g/mol. The van der Waals surface area contributed by atoms with Crippen molar-refractivity contribution in [2.45, 2.75) is 0 Å². The maximum atomic E-state index is 6.01. The molecule has 5 nitrogen and oxygen atoms in total. The van der Waals surface area contributed by atoms with Crippen LogP contribution in [0.15, 0.2) is 36.8 Å². The van der Waals surface area contributed by atoms with Crippen LogP contribution in [0.3, 0.4) is 0 Å². The number of hydrogen-bond donors (Lipinski definition) is 2. The van der Waals surface area contributed by atoms with Crippen molar-refractivity contribution in [1.29, 1.82) is 0 Å². The molecule has 0 radical (unpaired) electrons. The van der Waals surface area contributed by atoms with Crippen LogP contribution < -0.4 is 11.5 Å². The van der Waals surface area contributed by atoms with Gasteiger partial charge in [-0.25, -0.2) is 9.97 Å². The van der Waals surface area contributed by atoms with E-state index in [1.54, 1.807) is 6.20 Å². The highest BCUT2D eigenvalue weighted by molar-refractivity contribution is 6.32. The molecule has 0 saturated carbocycles. The lowest BCUT2D eigenvalue weighted by Crippen LogP contribution is -2.02. The maximum Gasteiger partial charge on any atom is 0.220 e. The molecule has 0 fully saturated rings. The van der Waals surface area contributed by atoms with E-state index in [1.807, 2.05) is 18.2 Å². The Morgan fingerprint density at radius 1 is 1.29 bits per heavy atom. The fourth-order valence-corrected chi connectivity index (χ4v) is 1.57. The molecule has 0 aliphatic rings. The van der Waals surface area contributed by atoms with E-state index in [0.29, 0.717) is 22.0 Å². The molecule has 2 heterocycles. The first-order valence-corrected chi connectivity index (χ1v) is 5.22. The summed E-state index contributed by atoms with van der Waals surface area (Å²) in [7, 11) is 0. The van der Waals surface area contributed by atoms with Gasteiger partial charge >= 0.3 is 0 Å². The molecule has 6 heteroatoms. The average Bonchev–Trinajstić information content (AvgIpc) is 2.36. The molecule has 86 valence electrons. The number of hydrogen-bond acceptors (Lipinski definition) is 5. The fourth-order valence-electron chi connectivity index (χ4n) is 1.38. The summed E-state index contributed by atoms with van der Waals surface area (Å²) in [6, 6.07) is 5.48. The number of nitrogens with zero attached hydrogens (tertiary/aromatic N) is 3. The van der Waals surface area contributed by atoms with Gasteiger partial charge in [-0.15, -0.1) is 0 Å². The minimum absolute atomic E-state index is 0.139. The highest BCUT2D eigenvalue weighted by Gasteiger charge is 2.12. The SMILES string of the molecule is NC=C(c1ccccn1)c1nc(N)ncc1Cl. The van der Waals surface area contributed by atoms with Gasteiger partial charge in [0.2, 0.25) is 5.95 Å². The fraction of sp³-hybridized carbons (Fsp3) is 0. The van der Waals surface area contributed by atoms with E-state index >= 15 is 0 Å². The molecule has 17 heavy (non-hydrogen) atoms. The Bertz CT molecular complexity index is 553. The third-order valence-corrected chi connectivity index (χ3v) is 2.40. The number of rotatable bonds is 2. The van der Waals surface area contributed by atoms with E-state index in [1.165, 1.54) is 12.4 Å². The van der Waals surface area contributed by atoms with Crippen LogP contribution in [0.4, 0.5) is 5.95 Å². The minimum atomic E-state index is 0.139. The van der Waals surface area contributed by atoms with Gasteiger partial charge in [0.05, 0.1) is 22.6 Å². The molecule has 0 atom stereocenters. The Labute approximate surface area is 103 Å². The molecular weight excluding hydrogens is 238 g/mol. The van der Waals surface area contributed by atoms with Crippen LogP contribution in [0.1, 0.15) is 11.4 Å². The summed E-state index contributed by atoms with van der Waals surface area (Å²) < 4.78 is 0. The van der Waals surface area contributed by atoms with E-state index in [4.69, 9.17) is 23.1 Å². The van der Waals surface area contributed by atoms with Crippen LogP contribution in [-0.2, 0) is 0 Å². The van der Waals surface area contributed by atoms with Gasteiger partial charge < -0.3 is 11.5 Å². The lowest BCUT2D eigenvalue weighted by atomic mass is 10.1. The van der Waals surface area contributed by atoms with E-state index in [2.05, 4.69) is 15.0 Å². The van der Waals surface area contributed by atoms with Crippen molar-refractivity contribution in [1.82, 2.24) is 15.0 Å². The first-order valence-electron chi connectivity index (χ1n) is 4.84. The van der Waals surface area contributed by atoms with Gasteiger partial charge in [0.15, 0.2) is 0 Å². The Balaban J connectivity index is 2.54. The van der Waals surface area contributed by atoms with Crippen molar-refractivity contribution < 1.29 is 0 Å². The second kappa shape index (κ2) is 4.80. The van der Waals surface area contributed by atoms with E-state index in [9.17, 15) is 0 Å². The quantitative estimate of drug-likeness (QED) is 0.838. The maximum absolute atomic E-state index is 6.01. The van der Waals surface area contributed by atoms with Gasteiger partial charge in [-0.05, 0) is 12.1 Å². The van der Waals surface area contributed by atoms with Gasteiger partial charge in [-0.1, -0.05) is 17.7 Å². The standard InChI is InChI=1S/C11H10ClN5/c12-8-6-16-11(14)17-10(8)7(5-13)9-3-1-2-4-15-9/h1-6H,13H2,(H2,14,16,17). The van der Waals surface area contributed by atoms with Gasteiger partial charge in [-0.3, -0.25) is 4.98 Å². The normalized spacial score (nSPS) is 11.5. The lowest BCUT2D eigenvalue weighted by Gasteiger charge is -2.07. The summed E-state index contributed by atoms with van der Waals surface area (Å²) in [4.78, 5) is 12.1. The molecule has 2 aromatic heterocycles. The van der Waals surface area contributed by atoms with Crippen molar-refractivity contribution in [2.24, 2.45) is 5.73 Å². The number of nitrogens with two attached hydrogens (primary N) is 2. The molecule has 0 aliphatic carbocycles. The van der Waals surface area contributed by atoms with Crippen molar-refractivity contribution in [3.63, 3.8) is 0 Å². The van der Waals surface area contributed by atoms with Crippen LogP contribution in [0.25, 0.3) is 5.57 Å². The number of aromatic nitrogens is 3. The predicted molar refractivity (Wildman–Crippen MR) is 67.0 cm³/mol. The van der Waals surface area contributed by atoms with Crippen molar-refractivity contribution in [2.75, 3.05) is 5.73 Å². The summed E-state index contributed by atoms with van der Waals surface area (Å²) in [5, 5.41) is 0.376. The highest BCUT2D eigenvalue weighted by Crippen LogP contribution is 2.25. The molecule has 0 spiro atoms. The number of anilines is 1. The van der Waals surface area contributed by atoms with E-state index in [-0.39, 0.29) is 5.95 Å². The van der Waals surface area contributed by atoms with Crippen LogP contribution in [0.2, 0.25) is 5.02 Å². The second-order valence-electron chi connectivity index (χ2n) is 3.22. The molecule has 0 unspecified atom stereocenters. The van der Waals surface area contributed by atoms with E-state index in [0.717, 1.165) is 0 Å². The van der Waals surface area contributed by atoms with Gasteiger partial charge in [0, 0.05) is 18.0 Å². The van der Waals surface area contributed by atoms with Crippen LogP contribution >= 0.6 is 11.6 Å². The summed E-state index contributed by atoms with van der Waals surface area (Å²) in [6.45, 7) is 0. The van der Waals surface area contributed by atoms with Gasteiger partial charge in [0.1, 0.15) is 0 Å². The summed E-state index contributed by atoms with van der Waals surface area (Å²) in [6.07, 6.45) is 4.50. The number of pyridine rings is 1. The zero-order valence-electron chi connectivity index (χ0n) is 8.84. The molecule has 2 rings (SSSR count).